The van der Waals surface area contributed by atoms with Crippen molar-refractivity contribution < 1.29 is 4.79 Å². The van der Waals surface area contributed by atoms with Gasteiger partial charge in [0, 0.05) is 11.8 Å². The summed E-state index contributed by atoms with van der Waals surface area (Å²) in [4.78, 5) is 11.9. The molecule has 1 unspecified atom stereocenters. The van der Waals surface area contributed by atoms with E-state index in [1.165, 1.54) is 0 Å². The predicted molar refractivity (Wildman–Crippen MR) is 64.3 cm³/mol. The fourth-order valence-corrected chi connectivity index (χ4v) is 1.38. The van der Waals surface area contributed by atoms with Gasteiger partial charge in [-0.1, -0.05) is 0 Å². The lowest BCUT2D eigenvalue weighted by atomic mass is 10.2. The monoisotopic (exact) mass is 247 g/mol. The molecule has 0 aliphatic rings. The molecule has 0 saturated heterocycles. The van der Waals surface area contributed by atoms with Gasteiger partial charge in [-0.3, -0.25) is 9.89 Å². The molecule has 8 nitrogen and oxygen atoms in total. The standard InChI is InChI=1S/C10H13N7O/c1-6(7-4-12-13-5-7)14-10(18)8-2-3-9(15-11)17-16-8/h2-6H,11H2,1H3,(H,12,13)(H,14,18)(H,15,17). The maximum Gasteiger partial charge on any atom is 0.272 e. The minimum absolute atomic E-state index is 0.162. The lowest BCUT2D eigenvalue weighted by Gasteiger charge is -2.11. The molecule has 2 aromatic heterocycles. The van der Waals surface area contributed by atoms with E-state index in [4.69, 9.17) is 5.84 Å². The SMILES string of the molecule is CC(NC(=O)c1ccc(NN)nn1)c1cn[nH]c1. The van der Waals surface area contributed by atoms with E-state index in [0.29, 0.717) is 5.82 Å². The van der Waals surface area contributed by atoms with Crippen molar-refractivity contribution in [2.24, 2.45) is 5.84 Å². The molecule has 1 atom stereocenters. The lowest BCUT2D eigenvalue weighted by Crippen LogP contribution is -2.27. The largest absolute Gasteiger partial charge is 0.344 e. The van der Waals surface area contributed by atoms with E-state index >= 15 is 0 Å². The van der Waals surface area contributed by atoms with Gasteiger partial charge < -0.3 is 10.7 Å². The van der Waals surface area contributed by atoms with Crippen LogP contribution in [0.1, 0.15) is 29.0 Å². The van der Waals surface area contributed by atoms with Crippen molar-refractivity contribution in [1.29, 1.82) is 0 Å². The Hall–Kier alpha value is -2.48. The van der Waals surface area contributed by atoms with Crippen LogP contribution in [-0.2, 0) is 0 Å². The highest BCUT2D eigenvalue weighted by molar-refractivity contribution is 5.92. The van der Waals surface area contributed by atoms with E-state index in [0.717, 1.165) is 5.56 Å². The molecular weight excluding hydrogens is 234 g/mol. The van der Waals surface area contributed by atoms with E-state index in [1.807, 2.05) is 6.92 Å². The van der Waals surface area contributed by atoms with Crippen molar-refractivity contribution in [3.05, 3.63) is 35.8 Å². The summed E-state index contributed by atoms with van der Waals surface area (Å²) in [6.07, 6.45) is 3.37. The topological polar surface area (TPSA) is 122 Å². The number of carbonyl (C=O) groups excluding carboxylic acids is 1. The minimum atomic E-state index is -0.306. The van der Waals surface area contributed by atoms with Crippen molar-refractivity contribution in [3.8, 4) is 0 Å². The third-order valence-electron chi connectivity index (χ3n) is 2.41. The van der Waals surface area contributed by atoms with Gasteiger partial charge in [-0.2, -0.15) is 5.10 Å². The number of rotatable bonds is 4. The first kappa shape index (κ1) is 12.0. The molecule has 0 spiro atoms. The van der Waals surface area contributed by atoms with Crippen LogP contribution in [0.5, 0.6) is 0 Å². The van der Waals surface area contributed by atoms with Crippen LogP contribution in [0.3, 0.4) is 0 Å². The highest BCUT2D eigenvalue weighted by Crippen LogP contribution is 2.10. The number of nitrogens with zero attached hydrogens (tertiary/aromatic N) is 3. The van der Waals surface area contributed by atoms with Crippen molar-refractivity contribution in [1.82, 2.24) is 25.7 Å². The number of amides is 1. The van der Waals surface area contributed by atoms with Gasteiger partial charge in [0.2, 0.25) is 0 Å². The number of aromatic nitrogens is 4. The predicted octanol–water partition coefficient (Wildman–Crippen LogP) is -0.0237. The molecule has 2 aromatic rings. The first-order chi connectivity index (χ1) is 8.70. The van der Waals surface area contributed by atoms with Crippen molar-refractivity contribution in [2.45, 2.75) is 13.0 Å². The highest BCUT2D eigenvalue weighted by atomic mass is 16.2. The number of carbonyl (C=O) groups is 1. The van der Waals surface area contributed by atoms with E-state index in [1.54, 1.807) is 24.5 Å². The van der Waals surface area contributed by atoms with Crippen LogP contribution in [0.4, 0.5) is 5.82 Å². The number of H-pyrrole nitrogens is 1. The third-order valence-corrected chi connectivity index (χ3v) is 2.41. The Balaban J connectivity index is 2.03. The molecule has 0 saturated carbocycles. The third kappa shape index (κ3) is 2.61. The Labute approximate surface area is 103 Å². The first-order valence-corrected chi connectivity index (χ1v) is 5.30. The Bertz CT molecular complexity index is 508. The van der Waals surface area contributed by atoms with Gasteiger partial charge in [-0.25, -0.2) is 5.84 Å². The van der Waals surface area contributed by atoms with Gasteiger partial charge in [-0.05, 0) is 19.1 Å². The lowest BCUT2D eigenvalue weighted by molar-refractivity contribution is 0.0934. The maximum absolute atomic E-state index is 11.9. The zero-order chi connectivity index (χ0) is 13.0. The second kappa shape index (κ2) is 5.23. The number of hydrogen-bond acceptors (Lipinski definition) is 6. The average molecular weight is 247 g/mol. The van der Waals surface area contributed by atoms with E-state index < -0.39 is 0 Å². The number of anilines is 1. The van der Waals surface area contributed by atoms with Crippen LogP contribution in [0.25, 0.3) is 0 Å². The van der Waals surface area contributed by atoms with Crippen LogP contribution >= 0.6 is 0 Å². The van der Waals surface area contributed by atoms with E-state index in [-0.39, 0.29) is 17.6 Å². The summed E-state index contributed by atoms with van der Waals surface area (Å²) in [7, 11) is 0. The zero-order valence-electron chi connectivity index (χ0n) is 9.71. The van der Waals surface area contributed by atoms with Gasteiger partial charge in [0.05, 0.1) is 12.2 Å². The average Bonchev–Trinajstić information content (AvgIpc) is 2.92. The first-order valence-electron chi connectivity index (χ1n) is 5.30. The second-order valence-corrected chi connectivity index (χ2v) is 3.67. The normalized spacial score (nSPS) is 11.9. The number of aromatic amines is 1. The summed E-state index contributed by atoms with van der Waals surface area (Å²) in [5, 5.41) is 16.8. The second-order valence-electron chi connectivity index (χ2n) is 3.67. The van der Waals surface area contributed by atoms with E-state index in [2.05, 4.69) is 31.1 Å². The molecule has 1 amide bonds. The molecule has 0 radical (unpaired) electrons. The highest BCUT2D eigenvalue weighted by Gasteiger charge is 2.13. The maximum atomic E-state index is 11.9. The summed E-state index contributed by atoms with van der Waals surface area (Å²) < 4.78 is 0. The molecule has 0 aliphatic carbocycles. The molecule has 2 rings (SSSR count). The van der Waals surface area contributed by atoms with Crippen molar-refractivity contribution >= 4 is 11.7 Å². The summed E-state index contributed by atoms with van der Waals surface area (Å²) in [6.45, 7) is 1.85. The van der Waals surface area contributed by atoms with E-state index in [9.17, 15) is 4.79 Å². The van der Waals surface area contributed by atoms with Gasteiger partial charge in [0.1, 0.15) is 0 Å². The smallest absolute Gasteiger partial charge is 0.272 e. The summed E-state index contributed by atoms with van der Waals surface area (Å²) in [6, 6.07) is 2.95. The Morgan fingerprint density at radius 1 is 1.44 bits per heavy atom. The molecular formula is C10H13N7O. The fraction of sp³-hybridized carbons (Fsp3) is 0.200. The van der Waals surface area contributed by atoms with Crippen LogP contribution < -0.4 is 16.6 Å². The fourth-order valence-electron chi connectivity index (χ4n) is 1.38. The van der Waals surface area contributed by atoms with Crippen molar-refractivity contribution in [2.75, 3.05) is 5.43 Å². The number of nitrogen functional groups attached to an aromatic ring is 1. The summed E-state index contributed by atoms with van der Waals surface area (Å²) >= 11 is 0. The molecule has 0 bridgehead atoms. The molecule has 94 valence electrons. The van der Waals surface area contributed by atoms with Crippen LogP contribution in [-0.4, -0.2) is 26.3 Å². The number of nitrogens with one attached hydrogen (secondary N) is 3. The van der Waals surface area contributed by atoms with Gasteiger partial charge in [0.15, 0.2) is 11.5 Å². The Kier molecular flexibility index (Phi) is 3.49. The van der Waals surface area contributed by atoms with Crippen molar-refractivity contribution in [3.63, 3.8) is 0 Å². The van der Waals surface area contributed by atoms with Gasteiger partial charge in [0.25, 0.3) is 5.91 Å². The molecule has 0 fully saturated rings. The summed E-state index contributed by atoms with van der Waals surface area (Å²) in [5.74, 6) is 5.25. The van der Waals surface area contributed by atoms with Crippen LogP contribution in [0.2, 0.25) is 0 Å². The van der Waals surface area contributed by atoms with Crippen LogP contribution in [0, 0.1) is 0 Å². The van der Waals surface area contributed by atoms with Gasteiger partial charge >= 0.3 is 0 Å². The zero-order valence-corrected chi connectivity index (χ0v) is 9.71. The number of hydrazine groups is 1. The molecule has 2 heterocycles. The molecule has 8 heteroatoms. The number of nitrogens with two attached hydrogens (primary N) is 1. The Morgan fingerprint density at radius 2 is 2.28 bits per heavy atom. The molecule has 0 aliphatic heterocycles. The molecule has 0 aromatic carbocycles. The summed E-state index contributed by atoms with van der Waals surface area (Å²) in [5.41, 5.74) is 3.45. The quantitative estimate of drug-likeness (QED) is 0.445. The Morgan fingerprint density at radius 3 is 2.83 bits per heavy atom. The van der Waals surface area contributed by atoms with Crippen LogP contribution in [0.15, 0.2) is 24.5 Å². The minimum Gasteiger partial charge on any atom is -0.344 e. The molecule has 18 heavy (non-hydrogen) atoms. The molecule has 5 N–H and O–H groups in total. The van der Waals surface area contributed by atoms with Gasteiger partial charge in [-0.15, -0.1) is 10.2 Å². The number of hydrogen-bond donors (Lipinski definition) is 4.